The van der Waals surface area contributed by atoms with Gasteiger partial charge in [-0.2, -0.15) is 0 Å². The Kier molecular flexibility index (Phi) is 11.3. The molecule has 0 radical (unpaired) electrons. The summed E-state index contributed by atoms with van der Waals surface area (Å²) in [7, 11) is -4.34. The van der Waals surface area contributed by atoms with E-state index >= 15 is 0 Å². The van der Waals surface area contributed by atoms with Crippen LogP contribution in [-0.4, -0.2) is 46.8 Å². The fourth-order valence-corrected chi connectivity index (χ4v) is 6.86. The molecule has 0 aliphatic carbocycles. The molecule has 1 aliphatic heterocycles. The van der Waals surface area contributed by atoms with Crippen molar-refractivity contribution < 1.29 is 18.3 Å². The summed E-state index contributed by atoms with van der Waals surface area (Å²) in [6, 6.07) is 0. The zero-order valence-corrected chi connectivity index (χ0v) is 29.0. The van der Waals surface area contributed by atoms with Crippen LogP contribution in [0.15, 0.2) is 23.3 Å². The summed E-state index contributed by atoms with van der Waals surface area (Å²) in [4.78, 5) is 0. The average Bonchev–Trinajstić information content (AvgIpc) is 2.71. The number of allylic oxidation sites excluding steroid dienone is 3. The van der Waals surface area contributed by atoms with E-state index in [4.69, 9.17) is 24.7 Å². The van der Waals surface area contributed by atoms with Crippen molar-refractivity contribution in [2.75, 3.05) is 0 Å². The Morgan fingerprint density at radius 3 is 1.89 bits per heavy atom. The van der Waals surface area contributed by atoms with Gasteiger partial charge in [0.1, 0.15) is 0 Å². The topological polar surface area (TPSA) is 36.9 Å². The SMILES string of the molecule is C#CC[C@@H](O[Si](C)(C)C(C)(C)C)[C@@H](O[Si](C)(C)C(C)(C)C)[C@H]1OC(C)(C)O[C@H](/C(C)=C/C(C)=C/C)[C@H]1C. The van der Waals surface area contributed by atoms with Crippen LogP contribution in [0.5, 0.6) is 0 Å². The summed E-state index contributed by atoms with van der Waals surface area (Å²) in [5, 5.41) is 0.0831. The Bertz CT molecular complexity index is 865. The molecular weight excluding hydrogens is 493 g/mol. The standard InChI is InChI=1S/C31H58O4Si2/c1-18-20-25(34-36(14,15)29(6,7)8)28(35-37(16,17)30(9,10)11)27-24(5)26(32-31(12,13)33-27)23(4)21-22(3)19-2/h1,19,21,24-28H,20H2,2-17H3/b22-19+,23-21+/t24-,25-,26-,27+,28-/m1/s1. The molecule has 1 saturated heterocycles. The first-order valence-electron chi connectivity index (χ1n) is 14.0. The van der Waals surface area contributed by atoms with Crippen LogP contribution < -0.4 is 0 Å². The molecule has 1 heterocycles. The highest BCUT2D eigenvalue weighted by Gasteiger charge is 2.52. The Hall–Kier alpha value is -0.686. The van der Waals surface area contributed by atoms with E-state index in [2.05, 4.69) is 113 Å². The third-order valence-electron chi connectivity index (χ3n) is 8.68. The lowest BCUT2D eigenvalue weighted by Crippen LogP contribution is -2.62. The second kappa shape index (κ2) is 12.2. The van der Waals surface area contributed by atoms with Gasteiger partial charge in [0.15, 0.2) is 22.4 Å². The minimum absolute atomic E-state index is 0.0328. The third-order valence-corrected chi connectivity index (χ3v) is 17.7. The van der Waals surface area contributed by atoms with Crippen molar-refractivity contribution in [3.63, 3.8) is 0 Å². The Balaban J connectivity index is 3.71. The summed E-state index contributed by atoms with van der Waals surface area (Å²) in [6.07, 6.45) is 9.89. The molecule has 0 amide bonds. The summed E-state index contributed by atoms with van der Waals surface area (Å²) < 4.78 is 27.6. The summed E-state index contributed by atoms with van der Waals surface area (Å²) in [6.45, 7) is 35.3. The molecule has 4 nitrogen and oxygen atoms in total. The van der Waals surface area contributed by atoms with E-state index < -0.39 is 22.4 Å². The maximum absolute atomic E-state index is 7.24. The van der Waals surface area contributed by atoms with Crippen molar-refractivity contribution in [2.24, 2.45) is 5.92 Å². The van der Waals surface area contributed by atoms with Crippen LogP contribution in [0.3, 0.4) is 0 Å². The number of hydrogen-bond donors (Lipinski definition) is 0. The van der Waals surface area contributed by atoms with Crippen molar-refractivity contribution in [3.8, 4) is 12.3 Å². The minimum atomic E-state index is -2.20. The first kappa shape index (κ1) is 34.3. The van der Waals surface area contributed by atoms with Gasteiger partial charge in [-0.3, -0.25) is 0 Å². The highest BCUT2D eigenvalue weighted by Crippen LogP contribution is 2.44. The van der Waals surface area contributed by atoms with Gasteiger partial charge in [-0.05, 0) is 76.5 Å². The highest BCUT2D eigenvalue weighted by molar-refractivity contribution is 6.74. The fourth-order valence-electron chi connectivity index (χ4n) is 4.21. The molecule has 0 spiro atoms. The molecule has 0 aromatic heterocycles. The van der Waals surface area contributed by atoms with Gasteiger partial charge in [0.2, 0.25) is 0 Å². The molecule has 1 fully saturated rings. The van der Waals surface area contributed by atoms with E-state index in [1.807, 2.05) is 13.8 Å². The molecular formula is C31H58O4Si2. The second-order valence-electron chi connectivity index (χ2n) is 14.5. The van der Waals surface area contributed by atoms with E-state index in [-0.39, 0.29) is 40.4 Å². The van der Waals surface area contributed by atoms with Crippen LogP contribution in [-0.2, 0) is 18.3 Å². The number of terminal acetylenes is 1. The molecule has 0 saturated carbocycles. The first-order chi connectivity index (χ1) is 16.5. The van der Waals surface area contributed by atoms with Gasteiger partial charge in [-0.1, -0.05) is 66.2 Å². The maximum Gasteiger partial charge on any atom is 0.192 e. The van der Waals surface area contributed by atoms with Crippen molar-refractivity contribution in [3.05, 3.63) is 23.3 Å². The average molecular weight is 551 g/mol. The van der Waals surface area contributed by atoms with Crippen LogP contribution in [0.1, 0.15) is 89.5 Å². The first-order valence-corrected chi connectivity index (χ1v) is 19.8. The number of ether oxygens (including phenoxy) is 2. The molecule has 214 valence electrons. The van der Waals surface area contributed by atoms with Gasteiger partial charge < -0.3 is 18.3 Å². The Morgan fingerprint density at radius 2 is 1.46 bits per heavy atom. The molecule has 0 N–H and O–H groups in total. The lowest BCUT2D eigenvalue weighted by Gasteiger charge is -2.52. The summed E-state index contributed by atoms with van der Waals surface area (Å²) >= 11 is 0. The molecule has 1 aliphatic rings. The second-order valence-corrected chi connectivity index (χ2v) is 24.0. The molecule has 0 aromatic carbocycles. The quantitative estimate of drug-likeness (QED) is 0.163. The molecule has 1 rings (SSSR count). The zero-order valence-electron chi connectivity index (χ0n) is 27.0. The molecule has 6 heteroatoms. The van der Waals surface area contributed by atoms with E-state index in [9.17, 15) is 0 Å². The van der Waals surface area contributed by atoms with Crippen molar-refractivity contribution in [1.82, 2.24) is 0 Å². The molecule has 0 bridgehead atoms. The van der Waals surface area contributed by atoms with Gasteiger partial charge in [0.05, 0.1) is 24.4 Å². The van der Waals surface area contributed by atoms with Crippen molar-refractivity contribution in [1.29, 1.82) is 0 Å². The van der Waals surface area contributed by atoms with E-state index in [1.165, 1.54) is 11.1 Å². The van der Waals surface area contributed by atoms with Gasteiger partial charge in [-0.25, -0.2) is 0 Å². The lowest BCUT2D eigenvalue weighted by atomic mass is 9.85. The predicted octanol–water partition coefficient (Wildman–Crippen LogP) is 8.86. The Morgan fingerprint density at radius 1 is 0.973 bits per heavy atom. The molecule has 0 aromatic rings. The van der Waals surface area contributed by atoms with Gasteiger partial charge in [-0.15, -0.1) is 12.3 Å². The van der Waals surface area contributed by atoms with Gasteiger partial charge >= 0.3 is 0 Å². The van der Waals surface area contributed by atoms with Crippen molar-refractivity contribution in [2.45, 2.75) is 156 Å². The van der Waals surface area contributed by atoms with Crippen LogP contribution in [0.2, 0.25) is 36.3 Å². The smallest absolute Gasteiger partial charge is 0.192 e. The van der Waals surface area contributed by atoms with E-state index in [0.717, 1.165) is 0 Å². The number of rotatable bonds is 9. The fraction of sp³-hybridized carbons (Fsp3) is 0.806. The van der Waals surface area contributed by atoms with Gasteiger partial charge in [0, 0.05) is 12.3 Å². The lowest BCUT2D eigenvalue weighted by molar-refractivity contribution is -0.327. The molecule has 5 atom stereocenters. The normalized spacial score (nSPS) is 26.0. The molecule has 37 heavy (non-hydrogen) atoms. The summed E-state index contributed by atoms with van der Waals surface area (Å²) in [5.74, 6) is 2.19. The largest absolute Gasteiger partial charge is 0.410 e. The predicted molar refractivity (Wildman–Crippen MR) is 164 cm³/mol. The van der Waals surface area contributed by atoms with Crippen LogP contribution >= 0.6 is 0 Å². The van der Waals surface area contributed by atoms with Crippen LogP contribution in [0, 0.1) is 18.3 Å². The highest BCUT2D eigenvalue weighted by atomic mass is 28.4. The maximum atomic E-state index is 7.24. The monoisotopic (exact) mass is 550 g/mol. The molecule has 0 unspecified atom stereocenters. The minimum Gasteiger partial charge on any atom is -0.410 e. The third kappa shape index (κ3) is 8.91. The van der Waals surface area contributed by atoms with Crippen molar-refractivity contribution >= 4 is 16.6 Å². The zero-order chi connectivity index (χ0) is 29.2. The van der Waals surface area contributed by atoms with Gasteiger partial charge in [0.25, 0.3) is 0 Å². The summed E-state index contributed by atoms with van der Waals surface area (Å²) in [5.41, 5.74) is 2.41. The van der Waals surface area contributed by atoms with E-state index in [1.54, 1.807) is 0 Å². The Labute approximate surface area is 232 Å². The number of hydrogen-bond acceptors (Lipinski definition) is 4. The van der Waals surface area contributed by atoms with E-state index in [0.29, 0.717) is 6.42 Å². The van der Waals surface area contributed by atoms with Crippen LogP contribution in [0.25, 0.3) is 0 Å². The van der Waals surface area contributed by atoms with Crippen LogP contribution in [0.4, 0.5) is 0 Å².